The molecule has 0 aliphatic carbocycles. The summed E-state index contributed by atoms with van der Waals surface area (Å²) in [5, 5.41) is 4.81. The van der Waals surface area contributed by atoms with E-state index >= 15 is 0 Å². The lowest BCUT2D eigenvalue weighted by molar-refractivity contribution is 1.20. The second-order valence-corrected chi connectivity index (χ2v) is 22.0. The van der Waals surface area contributed by atoms with E-state index in [1.807, 2.05) is 11.0 Å². The molecule has 5 rings (SSSR count). The summed E-state index contributed by atoms with van der Waals surface area (Å²) in [5.41, 5.74) is 16.1. The molecule has 0 aliphatic rings. The highest BCUT2D eigenvalue weighted by Crippen LogP contribution is 2.38. The van der Waals surface area contributed by atoms with E-state index in [0.717, 1.165) is 22.2 Å². The van der Waals surface area contributed by atoms with Crippen molar-refractivity contribution in [2.45, 2.75) is 77.8 Å². The Balaban J connectivity index is 1.96. The standard InChI is InChI=1S/C32H36N2S2Si2/c1-7-37(8-2,9-3)15-13-23-25-17-29-32(36-21-33-29)20-28(25)24(14-16-38(10-4,11-5)12-6)26-18-30-31(19-27(23)26)35-22-34-30/h17-22H,7-12H2,1-6H3. The fourth-order valence-corrected chi connectivity index (χ4v) is 11.9. The van der Waals surface area contributed by atoms with Crippen LogP contribution in [0.4, 0.5) is 0 Å². The van der Waals surface area contributed by atoms with E-state index in [4.69, 9.17) is 0 Å². The largest absolute Gasteiger partial charge is 0.245 e. The zero-order chi connectivity index (χ0) is 26.9. The molecule has 5 aromatic rings. The lowest BCUT2D eigenvalue weighted by Crippen LogP contribution is -2.29. The number of hydrogen-bond acceptors (Lipinski definition) is 4. The molecule has 0 atom stereocenters. The summed E-state index contributed by atoms with van der Waals surface area (Å²) in [6.07, 6.45) is 0. The van der Waals surface area contributed by atoms with Crippen LogP contribution in [0.2, 0.25) is 36.3 Å². The van der Waals surface area contributed by atoms with Crippen LogP contribution in [0, 0.1) is 22.9 Å². The summed E-state index contributed by atoms with van der Waals surface area (Å²) in [6.45, 7) is 14.0. The minimum atomic E-state index is -1.63. The number of fused-ring (bicyclic) bond motifs is 4. The molecule has 0 saturated carbocycles. The van der Waals surface area contributed by atoms with Gasteiger partial charge >= 0.3 is 0 Å². The van der Waals surface area contributed by atoms with Gasteiger partial charge in [-0.1, -0.05) is 53.4 Å². The van der Waals surface area contributed by atoms with Crippen molar-refractivity contribution in [3.63, 3.8) is 0 Å². The van der Waals surface area contributed by atoms with Crippen molar-refractivity contribution in [2.75, 3.05) is 0 Å². The molecule has 0 aliphatic heterocycles. The lowest BCUT2D eigenvalue weighted by atomic mass is 9.92. The average molecular weight is 569 g/mol. The van der Waals surface area contributed by atoms with E-state index in [-0.39, 0.29) is 0 Å². The van der Waals surface area contributed by atoms with Gasteiger partial charge in [-0.2, -0.15) is 0 Å². The summed E-state index contributed by atoms with van der Waals surface area (Å²) in [5.74, 6) is 7.61. The highest BCUT2D eigenvalue weighted by Gasteiger charge is 2.26. The van der Waals surface area contributed by atoms with Gasteiger partial charge in [0.15, 0.2) is 0 Å². The normalized spacial score (nSPS) is 12.2. The second kappa shape index (κ2) is 10.9. The number of hydrogen-bond donors (Lipinski definition) is 0. The third-order valence-corrected chi connectivity index (χ3v) is 20.0. The molecule has 0 radical (unpaired) electrons. The Hall–Kier alpha value is -2.49. The van der Waals surface area contributed by atoms with Gasteiger partial charge in [-0.05, 0) is 60.5 Å². The van der Waals surface area contributed by atoms with E-state index < -0.39 is 16.1 Å². The lowest BCUT2D eigenvalue weighted by Gasteiger charge is -2.21. The van der Waals surface area contributed by atoms with Crippen LogP contribution >= 0.6 is 22.7 Å². The van der Waals surface area contributed by atoms with Crippen LogP contribution in [0.3, 0.4) is 0 Å². The molecule has 0 bridgehead atoms. The van der Waals surface area contributed by atoms with Gasteiger partial charge in [0, 0.05) is 32.7 Å². The topological polar surface area (TPSA) is 25.8 Å². The van der Waals surface area contributed by atoms with Crippen LogP contribution in [0.5, 0.6) is 0 Å². The van der Waals surface area contributed by atoms with Gasteiger partial charge in [-0.25, -0.2) is 9.97 Å². The van der Waals surface area contributed by atoms with Crippen molar-refractivity contribution in [1.82, 2.24) is 9.97 Å². The van der Waals surface area contributed by atoms with Crippen molar-refractivity contribution < 1.29 is 0 Å². The van der Waals surface area contributed by atoms with Crippen molar-refractivity contribution in [3.8, 4) is 22.9 Å². The quantitative estimate of drug-likeness (QED) is 0.116. The van der Waals surface area contributed by atoms with E-state index in [2.05, 4.69) is 98.7 Å². The van der Waals surface area contributed by atoms with E-state index in [0.29, 0.717) is 0 Å². The van der Waals surface area contributed by atoms with E-state index in [1.54, 1.807) is 22.7 Å². The molecule has 0 saturated heterocycles. The molecule has 3 aromatic carbocycles. The highest BCUT2D eigenvalue weighted by molar-refractivity contribution is 7.17. The van der Waals surface area contributed by atoms with Crippen molar-refractivity contribution in [3.05, 3.63) is 46.4 Å². The van der Waals surface area contributed by atoms with Gasteiger partial charge in [-0.3, -0.25) is 0 Å². The Bertz CT molecular complexity index is 1530. The van der Waals surface area contributed by atoms with Crippen LogP contribution in [-0.2, 0) is 0 Å². The minimum absolute atomic E-state index is 1.05. The Kier molecular flexibility index (Phi) is 7.80. The third kappa shape index (κ3) is 4.63. The van der Waals surface area contributed by atoms with Gasteiger partial charge in [0.1, 0.15) is 16.1 Å². The molecule has 0 unspecified atom stereocenters. The van der Waals surface area contributed by atoms with Crippen LogP contribution in [0.25, 0.3) is 42.0 Å². The van der Waals surface area contributed by atoms with Gasteiger partial charge in [0.2, 0.25) is 0 Å². The maximum Gasteiger partial charge on any atom is 0.138 e. The first-order valence-electron chi connectivity index (χ1n) is 14.0. The first kappa shape index (κ1) is 27.1. The molecule has 2 heterocycles. The molecule has 6 heteroatoms. The predicted molar refractivity (Wildman–Crippen MR) is 176 cm³/mol. The summed E-state index contributed by atoms with van der Waals surface area (Å²) in [4.78, 5) is 9.37. The van der Waals surface area contributed by atoms with Gasteiger partial charge < -0.3 is 0 Å². The summed E-state index contributed by atoms with van der Waals surface area (Å²) in [7, 11) is -3.26. The predicted octanol–water partition coefficient (Wildman–Crippen LogP) is 10.0. The van der Waals surface area contributed by atoms with E-state index in [1.165, 1.54) is 67.2 Å². The molecule has 0 N–H and O–H groups in total. The van der Waals surface area contributed by atoms with Gasteiger partial charge in [0.25, 0.3) is 0 Å². The van der Waals surface area contributed by atoms with Crippen molar-refractivity contribution in [1.29, 1.82) is 0 Å². The maximum atomic E-state index is 4.69. The van der Waals surface area contributed by atoms with Crippen LogP contribution in [-0.4, -0.2) is 26.1 Å². The number of thiazole rings is 2. The summed E-state index contributed by atoms with van der Waals surface area (Å²) in [6, 6.07) is 16.3. The number of benzene rings is 3. The Morgan fingerprint density at radius 2 is 0.895 bits per heavy atom. The minimum Gasteiger partial charge on any atom is -0.245 e. The summed E-state index contributed by atoms with van der Waals surface area (Å²) < 4.78 is 2.41. The monoisotopic (exact) mass is 568 g/mol. The zero-order valence-electron chi connectivity index (χ0n) is 23.4. The zero-order valence-corrected chi connectivity index (χ0v) is 27.1. The van der Waals surface area contributed by atoms with E-state index in [9.17, 15) is 0 Å². The molecule has 2 nitrogen and oxygen atoms in total. The fraction of sp³-hybridized carbons (Fsp3) is 0.375. The van der Waals surface area contributed by atoms with Crippen molar-refractivity contribution >= 4 is 80.8 Å². The molecule has 194 valence electrons. The number of nitrogens with zero attached hydrogens (tertiary/aromatic N) is 2. The van der Waals surface area contributed by atoms with Crippen molar-refractivity contribution in [2.24, 2.45) is 0 Å². The fourth-order valence-electron chi connectivity index (χ4n) is 5.61. The number of aromatic nitrogens is 2. The summed E-state index contributed by atoms with van der Waals surface area (Å²) >= 11 is 3.40. The Labute approximate surface area is 236 Å². The smallest absolute Gasteiger partial charge is 0.138 e. The Morgan fingerprint density at radius 3 is 1.24 bits per heavy atom. The SMILES string of the molecule is CC[Si](C#Cc1c2cc3ncsc3cc2c(C#C[Si](CC)(CC)CC)c2cc3ncsc3cc12)(CC)CC. The van der Waals surface area contributed by atoms with Crippen LogP contribution < -0.4 is 0 Å². The van der Waals surface area contributed by atoms with Gasteiger partial charge in [-0.15, -0.1) is 33.8 Å². The van der Waals surface area contributed by atoms with Gasteiger partial charge in [0.05, 0.1) is 31.5 Å². The van der Waals surface area contributed by atoms with Crippen LogP contribution in [0.15, 0.2) is 35.3 Å². The second-order valence-electron chi connectivity index (χ2n) is 10.4. The molecule has 38 heavy (non-hydrogen) atoms. The molecule has 2 aromatic heterocycles. The first-order chi connectivity index (χ1) is 18.5. The Morgan fingerprint density at radius 1 is 0.553 bits per heavy atom. The molecule has 0 spiro atoms. The highest BCUT2D eigenvalue weighted by atomic mass is 32.1. The average Bonchev–Trinajstić information content (AvgIpc) is 3.62. The molecular formula is C32H36N2S2Si2. The first-order valence-corrected chi connectivity index (χ1v) is 21.0. The molecular weight excluding hydrogens is 533 g/mol. The third-order valence-electron chi connectivity index (χ3n) is 8.98. The number of rotatable bonds is 6. The molecule has 0 amide bonds. The van der Waals surface area contributed by atoms with Crippen LogP contribution in [0.1, 0.15) is 52.7 Å². The molecule has 0 fully saturated rings. The maximum absolute atomic E-state index is 4.69.